The number of hydrogen-bond acceptors (Lipinski definition) is 1. The van der Waals surface area contributed by atoms with E-state index in [0.717, 1.165) is 16.8 Å². The molecule has 12 heavy (non-hydrogen) atoms. The number of hydrogen-bond donors (Lipinski definition) is 1. The zero-order chi connectivity index (χ0) is 9.14. The van der Waals surface area contributed by atoms with Crippen molar-refractivity contribution >= 4 is 11.9 Å². The number of ketones is 1. The van der Waals surface area contributed by atoms with E-state index in [1.54, 1.807) is 13.1 Å². The normalized spacial score (nSPS) is 10.9. The van der Waals surface area contributed by atoms with Crippen LogP contribution in [0.1, 0.15) is 35.5 Å². The molecule has 1 aromatic heterocycles. The second-order valence-electron chi connectivity index (χ2n) is 2.80. The molecule has 64 valence electrons. The Morgan fingerprint density at radius 2 is 2.25 bits per heavy atom. The van der Waals surface area contributed by atoms with E-state index in [4.69, 9.17) is 0 Å². The predicted molar refractivity (Wildman–Crippen MR) is 50.2 cm³/mol. The van der Waals surface area contributed by atoms with Crippen LogP contribution >= 0.6 is 0 Å². The highest BCUT2D eigenvalue weighted by Crippen LogP contribution is 2.14. The first-order valence-electron chi connectivity index (χ1n) is 3.98. The number of aromatic nitrogens is 1. The SMILES string of the molecule is CC=Cc1[nH]cc(C(C)=O)c1C. The average molecular weight is 163 g/mol. The Kier molecular flexibility index (Phi) is 2.48. The summed E-state index contributed by atoms with van der Waals surface area (Å²) in [6.07, 6.45) is 5.66. The minimum absolute atomic E-state index is 0.111. The van der Waals surface area contributed by atoms with Gasteiger partial charge in [0, 0.05) is 17.5 Å². The summed E-state index contributed by atoms with van der Waals surface area (Å²) in [7, 11) is 0. The van der Waals surface area contributed by atoms with Gasteiger partial charge in [0.1, 0.15) is 0 Å². The van der Waals surface area contributed by atoms with Crippen LogP contribution in [0.2, 0.25) is 0 Å². The highest BCUT2D eigenvalue weighted by atomic mass is 16.1. The molecular weight excluding hydrogens is 150 g/mol. The topological polar surface area (TPSA) is 32.9 Å². The maximum atomic E-state index is 11.0. The number of nitrogens with one attached hydrogen (secondary N) is 1. The summed E-state index contributed by atoms with van der Waals surface area (Å²) in [5, 5.41) is 0. The second-order valence-corrected chi connectivity index (χ2v) is 2.80. The van der Waals surface area contributed by atoms with Gasteiger partial charge in [0.05, 0.1) is 0 Å². The number of carbonyl (C=O) groups is 1. The van der Waals surface area contributed by atoms with Gasteiger partial charge in [-0.3, -0.25) is 4.79 Å². The maximum Gasteiger partial charge on any atom is 0.161 e. The molecule has 0 aliphatic heterocycles. The van der Waals surface area contributed by atoms with Crippen LogP contribution in [-0.2, 0) is 0 Å². The lowest BCUT2D eigenvalue weighted by Gasteiger charge is -1.92. The molecule has 0 aliphatic rings. The van der Waals surface area contributed by atoms with E-state index in [1.807, 2.05) is 26.0 Å². The Bertz CT molecular complexity index is 321. The summed E-state index contributed by atoms with van der Waals surface area (Å²) in [5.41, 5.74) is 2.83. The third kappa shape index (κ3) is 1.47. The van der Waals surface area contributed by atoms with Crippen LogP contribution in [0.25, 0.3) is 6.08 Å². The molecule has 2 nitrogen and oxygen atoms in total. The Morgan fingerprint density at radius 1 is 1.58 bits per heavy atom. The molecule has 0 aliphatic carbocycles. The van der Waals surface area contributed by atoms with Crippen LogP contribution in [0, 0.1) is 6.92 Å². The third-order valence-electron chi connectivity index (χ3n) is 1.89. The molecular formula is C10H13NO. The molecule has 0 bridgehead atoms. The second kappa shape index (κ2) is 3.39. The molecule has 0 radical (unpaired) electrons. The molecule has 0 saturated carbocycles. The van der Waals surface area contributed by atoms with E-state index in [-0.39, 0.29) is 5.78 Å². The summed E-state index contributed by atoms with van der Waals surface area (Å²) in [5.74, 6) is 0.111. The predicted octanol–water partition coefficient (Wildman–Crippen LogP) is 2.56. The van der Waals surface area contributed by atoms with Crippen molar-refractivity contribution in [1.82, 2.24) is 4.98 Å². The molecule has 1 N–H and O–H groups in total. The molecule has 0 atom stereocenters. The summed E-state index contributed by atoms with van der Waals surface area (Å²) in [6, 6.07) is 0. The third-order valence-corrected chi connectivity index (χ3v) is 1.89. The molecule has 0 unspecified atom stereocenters. The number of aromatic amines is 1. The van der Waals surface area contributed by atoms with Crippen LogP contribution < -0.4 is 0 Å². The van der Waals surface area contributed by atoms with Crippen molar-refractivity contribution in [2.24, 2.45) is 0 Å². The Labute approximate surface area is 72.3 Å². The Morgan fingerprint density at radius 3 is 2.67 bits per heavy atom. The first-order chi connectivity index (χ1) is 5.66. The van der Waals surface area contributed by atoms with Crippen molar-refractivity contribution < 1.29 is 4.79 Å². The number of rotatable bonds is 2. The van der Waals surface area contributed by atoms with Crippen molar-refractivity contribution in [3.05, 3.63) is 29.1 Å². The lowest BCUT2D eigenvalue weighted by Crippen LogP contribution is -1.91. The summed E-state index contributed by atoms with van der Waals surface area (Å²) >= 11 is 0. The van der Waals surface area contributed by atoms with E-state index in [0.29, 0.717) is 0 Å². The molecule has 1 aromatic rings. The van der Waals surface area contributed by atoms with Gasteiger partial charge in [-0.15, -0.1) is 0 Å². The van der Waals surface area contributed by atoms with Gasteiger partial charge < -0.3 is 4.98 Å². The number of Topliss-reactive ketones (excluding diaryl/α,β-unsaturated/α-hetero) is 1. The smallest absolute Gasteiger partial charge is 0.161 e. The van der Waals surface area contributed by atoms with Gasteiger partial charge in [-0.1, -0.05) is 6.08 Å². The van der Waals surface area contributed by atoms with Crippen LogP contribution in [0.4, 0.5) is 0 Å². The van der Waals surface area contributed by atoms with Crippen LogP contribution in [0.3, 0.4) is 0 Å². The van der Waals surface area contributed by atoms with Gasteiger partial charge in [0.2, 0.25) is 0 Å². The molecule has 0 saturated heterocycles. The standard InChI is InChI=1S/C10H13NO/c1-4-5-10-7(2)9(6-11-10)8(3)12/h4-6,11H,1-3H3. The van der Waals surface area contributed by atoms with Gasteiger partial charge in [0.15, 0.2) is 5.78 Å². The zero-order valence-electron chi connectivity index (χ0n) is 7.64. The summed E-state index contributed by atoms with van der Waals surface area (Å²) < 4.78 is 0. The first kappa shape index (κ1) is 8.78. The van der Waals surface area contributed by atoms with Crippen molar-refractivity contribution in [2.75, 3.05) is 0 Å². The van der Waals surface area contributed by atoms with Gasteiger partial charge in [-0.2, -0.15) is 0 Å². The van der Waals surface area contributed by atoms with Crippen molar-refractivity contribution in [1.29, 1.82) is 0 Å². The quantitative estimate of drug-likeness (QED) is 0.668. The van der Waals surface area contributed by atoms with E-state index in [2.05, 4.69) is 4.98 Å². The summed E-state index contributed by atoms with van der Waals surface area (Å²) in [4.78, 5) is 14.1. The zero-order valence-corrected chi connectivity index (χ0v) is 7.64. The van der Waals surface area contributed by atoms with Gasteiger partial charge >= 0.3 is 0 Å². The van der Waals surface area contributed by atoms with Crippen LogP contribution in [-0.4, -0.2) is 10.8 Å². The fourth-order valence-corrected chi connectivity index (χ4v) is 1.22. The van der Waals surface area contributed by atoms with E-state index in [1.165, 1.54) is 0 Å². The minimum atomic E-state index is 0.111. The van der Waals surface area contributed by atoms with Crippen molar-refractivity contribution in [3.63, 3.8) is 0 Å². The minimum Gasteiger partial charge on any atom is -0.361 e. The molecule has 1 heterocycles. The number of allylic oxidation sites excluding steroid dienone is 1. The lowest BCUT2D eigenvalue weighted by molar-refractivity contribution is 0.101. The van der Waals surface area contributed by atoms with E-state index >= 15 is 0 Å². The van der Waals surface area contributed by atoms with Gasteiger partial charge in [-0.05, 0) is 32.4 Å². The Balaban J connectivity index is 3.12. The number of carbonyl (C=O) groups excluding carboxylic acids is 1. The van der Waals surface area contributed by atoms with E-state index < -0.39 is 0 Å². The molecule has 0 aromatic carbocycles. The van der Waals surface area contributed by atoms with Crippen molar-refractivity contribution in [2.45, 2.75) is 20.8 Å². The van der Waals surface area contributed by atoms with Crippen molar-refractivity contribution in [3.8, 4) is 0 Å². The fourth-order valence-electron chi connectivity index (χ4n) is 1.22. The first-order valence-corrected chi connectivity index (χ1v) is 3.98. The monoisotopic (exact) mass is 163 g/mol. The summed E-state index contributed by atoms with van der Waals surface area (Å²) in [6.45, 7) is 5.48. The Hall–Kier alpha value is -1.31. The molecule has 0 amide bonds. The van der Waals surface area contributed by atoms with E-state index in [9.17, 15) is 4.79 Å². The maximum absolute atomic E-state index is 11.0. The molecule has 0 fully saturated rings. The van der Waals surface area contributed by atoms with Gasteiger partial charge in [0.25, 0.3) is 0 Å². The fraction of sp³-hybridized carbons (Fsp3) is 0.300. The lowest BCUT2D eigenvalue weighted by atomic mass is 10.1. The highest BCUT2D eigenvalue weighted by Gasteiger charge is 2.07. The molecule has 2 heteroatoms. The largest absolute Gasteiger partial charge is 0.361 e. The van der Waals surface area contributed by atoms with Crippen LogP contribution in [0.15, 0.2) is 12.3 Å². The van der Waals surface area contributed by atoms with Crippen LogP contribution in [0.5, 0.6) is 0 Å². The number of H-pyrrole nitrogens is 1. The molecule has 1 rings (SSSR count). The highest BCUT2D eigenvalue weighted by molar-refractivity contribution is 5.96. The van der Waals surface area contributed by atoms with Gasteiger partial charge in [-0.25, -0.2) is 0 Å². The molecule has 0 spiro atoms. The average Bonchev–Trinajstić information content (AvgIpc) is 2.34.